The molecular weight excluding hydrogens is 308 g/mol. The Morgan fingerprint density at radius 2 is 2.14 bits per heavy atom. The molecule has 0 bridgehead atoms. The summed E-state index contributed by atoms with van der Waals surface area (Å²) in [5, 5.41) is 10.6. The van der Waals surface area contributed by atoms with E-state index in [2.05, 4.69) is 15.6 Å². The topological polar surface area (TPSA) is 111 Å². The maximum atomic E-state index is 12.2. The predicted molar refractivity (Wildman–Crippen MR) is 79.0 cm³/mol. The Hall–Kier alpha value is -2.29. The molecule has 2 aromatic rings. The van der Waals surface area contributed by atoms with E-state index in [4.69, 9.17) is 0 Å². The second-order valence-corrected chi connectivity index (χ2v) is 7.47. The number of nitrogens with zero attached hydrogens (tertiary/aromatic N) is 3. The van der Waals surface area contributed by atoms with Gasteiger partial charge in [-0.1, -0.05) is 17.3 Å². The van der Waals surface area contributed by atoms with Crippen molar-refractivity contribution in [3.05, 3.63) is 34.6 Å². The van der Waals surface area contributed by atoms with Crippen LogP contribution in [0.3, 0.4) is 0 Å². The van der Waals surface area contributed by atoms with Crippen molar-refractivity contribution in [2.75, 3.05) is 11.5 Å². The molecular formula is C13H14N4O4S. The number of hydrogen-bond acceptors (Lipinski definition) is 6. The molecule has 9 heteroatoms. The third-order valence-electron chi connectivity index (χ3n) is 3.52. The fourth-order valence-electron chi connectivity index (χ4n) is 2.45. The lowest BCUT2D eigenvalue weighted by Gasteiger charge is -2.11. The van der Waals surface area contributed by atoms with E-state index in [0.717, 1.165) is 4.68 Å². The van der Waals surface area contributed by atoms with Crippen LogP contribution in [0.15, 0.2) is 29.1 Å². The van der Waals surface area contributed by atoms with E-state index >= 15 is 0 Å². The van der Waals surface area contributed by atoms with Gasteiger partial charge in [-0.3, -0.25) is 9.59 Å². The van der Waals surface area contributed by atoms with E-state index in [9.17, 15) is 18.0 Å². The summed E-state index contributed by atoms with van der Waals surface area (Å²) in [6.07, 6.45) is 0.395. The van der Waals surface area contributed by atoms with Crippen LogP contribution in [0.2, 0.25) is 0 Å². The number of aromatic nitrogens is 3. The average molecular weight is 322 g/mol. The number of rotatable bonds is 3. The summed E-state index contributed by atoms with van der Waals surface area (Å²) >= 11 is 0. The lowest BCUT2D eigenvalue weighted by atomic mass is 10.2. The minimum absolute atomic E-state index is 0.0585. The molecule has 1 aromatic heterocycles. The molecule has 0 aliphatic carbocycles. The van der Waals surface area contributed by atoms with Gasteiger partial charge in [-0.25, -0.2) is 13.1 Å². The summed E-state index contributed by atoms with van der Waals surface area (Å²) in [6, 6.07) is 6.33. The zero-order valence-corrected chi connectivity index (χ0v) is 12.4. The van der Waals surface area contributed by atoms with Gasteiger partial charge in [0.15, 0.2) is 9.84 Å². The molecule has 1 amide bonds. The molecule has 0 saturated carbocycles. The van der Waals surface area contributed by atoms with Crippen LogP contribution < -0.4 is 10.9 Å². The van der Waals surface area contributed by atoms with E-state index in [-0.39, 0.29) is 18.1 Å². The van der Waals surface area contributed by atoms with Crippen LogP contribution >= 0.6 is 0 Å². The first-order valence-electron chi connectivity index (χ1n) is 6.77. The average Bonchev–Trinajstić information content (AvgIpc) is 2.81. The Kier molecular flexibility index (Phi) is 3.65. The highest BCUT2D eigenvalue weighted by molar-refractivity contribution is 7.91. The van der Waals surface area contributed by atoms with Gasteiger partial charge in [0.1, 0.15) is 12.1 Å². The molecule has 0 spiro atoms. The van der Waals surface area contributed by atoms with Crippen molar-refractivity contribution >= 4 is 26.6 Å². The summed E-state index contributed by atoms with van der Waals surface area (Å²) in [6.45, 7) is -0.285. The Labute approximate surface area is 126 Å². The fourth-order valence-corrected chi connectivity index (χ4v) is 4.12. The van der Waals surface area contributed by atoms with Crippen LogP contribution in [0.4, 0.5) is 0 Å². The smallest absolute Gasteiger partial charge is 0.278 e. The zero-order chi connectivity index (χ0) is 15.7. The summed E-state index contributed by atoms with van der Waals surface area (Å²) < 4.78 is 23.7. The van der Waals surface area contributed by atoms with Gasteiger partial charge in [-0.2, -0.15) is 0 Å². The highest BCUT2D eigenvalue weighted by atomic mass is 32.2. The first-order valence-corrected chi connectivity index (χ1v) is 8.59. The Morgan fingerprint density at radius 1 is 1.36 bits per heavy atom. The molecule has 1 aliphatic heterocycles. The first-order chi connectivity index (χ1) is 10.4. The lowest BCUT2D eigenvalue weighted by Crippen LogP contribution is -2.40. The van der Waals surface area contributed by atoms with Gasteiger partial charge in [0, 0.05) is 6.04 Å². The van der Waals surface area contributed by atoms with Gasteiger partial charge in [0.2, 0.25) is 5.91 Å². The van der Waals surface area contributed by atoms with Crippen molar-refractivity contribution in [1.82, 2.24) is 20.3 Å². The van der Waals surface area contributed by atoms with Crippen LogP contribution in [0.5, 0.6) is 0 Å². The number of nitrogens with one attached hydrogen (secondary N) is 1. The zero-order valence-electron chi connectivity index (χ0n) is 11.6. The quantitative estimate of drug-likeness (QED) is 0.783. The number of fused-ring (bicyclic) bond motifs is 1. The molecule has 0 radical (unpaired) electrons. The molecule has 1 N–H and O–H groups in total. The van der Waals surface area contributed by atoms with Crippen molar-refractivity contribution in [2.45, 2.75) is 19.0 Å². The monoisotopic (exact) mass is 322 g/mol. The Bertz CT molecular complexity index is 890. The van der Waals surface area contributed by atoms with Crippen LogP contribution in [0.1, 0.15) is 6.42 Å². The maximum Gasteiger partial charge on any atom is 0.278 e. The van der Waals surface area contributed by atoms with E-state index in [1.54, 1.807) is 24.3 Å². The van der Waals surface area contributed by atoms with Gasteiger partial charge in [0.25, 0.3) is 5.56 Å². The van der Waals surface area contributed by atoms with Gasteiger partial charge < -0.3 is 5.32 Å². The number of benzene rings is 1. The minimum atomic E-state index is -3.06. The van der Waals surface area contributed by atoms with Gasteiger partial charge in [-0.15, -0.1) is 5.10 Å². The maximum absolute atomic E-state index is 12.2. The molecule has 8 nitrogen and oxygen atoms in total. The highest BCUT2D eigenvalue weighted by Gasteiger charge is 2.29. The molecule has 0 unspecified atom stereocenters. The third-order valence-corrected chi connectivity index (χ3v) is 5.29. The Balaban J connectivity index is 1.75. The van der Waals surface area contributed by atoms with E-state index in [0.29, 0.717) is 17.3 Å². The standard InChI is InChI=1S/C13H14N4O4S/c18-12(14-9-5-6-22(20,21)8-9)7-17-13(19)10-3-1-2-4-11(10)15-16-17/h1-4,9H,5-8H2,(H,14,18)/t9-/m1/s1. The number of amides is 1. The molecule has 1 aromatic carbocycles. The van der Waals surface area contributed by atoms with Crippen molar-refractivity contribution in [1.29, 1.82) is 0 Å². The third kappa shape index (κ3) is 2.98. The molecule has 116 valence electrons. The van der Waals surface area contributed by atoms with Gasteiger partial charge in [-0.05, 0) is 18.6 Å². The van der Waals surface area contributed by atoms with Crippen molar-refractivity contribution in [3.63, 3.8) is 0 Å². The molecule has 2 heterocycles. The minimum Gasteiger partial charge on any atom is -0.351 e. The molecule has 1 aliphatic rings. The molecule has 3 rings (SSSR count). The highest BCUT2D eigenvalue weighted by Crippen LogP contribution is 2.11. The summed E-state index contributed by atoms with van der Waals surface area (Å²) in [7, 11) is -3.06. The van der Waals surface area contributed by atoms with Crippen LogP contribution in [0.25, 0.3) is 10.9 Å². The number of sulfone groups is 1. The molecule has 1 atom stereocenters. The number of carbonyl (C=O) groups excluding carboxylic acids is 1. The van der Waals surface area contributed by atoms with Gasteiger partial charge in [0.05, 0.1) is 16.9 Å². The summed E-state index contributed by atoms with van der Waals surface area (Å²) in [5.74, 6) is -0.432. The van der Waals surface area contributed by atoms with Gasteiger partial charge >= 0.3 is 0 Å². The second-order valence-electron chi connectivity index (χ2n) is 5.24. The van der Waals surface area contributed by atoms with Crippen LogP contribution in [-0.2, 0) is 21.2 Å². The summed E-state index contributed by atoms with van der Waals surface area (Å²) in [5.41, 5.74) is 0.0610. The SMILES string of the molecule is O=C(Cn1nnc2ccccc2c1=O)N[C@@H]1CCS(=O)(=O)C1. The second kappa shape index (κ2) is 5.48. The first kappa shape index (κ1) is 14.6. The van der Waals surface area contributed by atoms with Crippen LogP contribution in [-0.4, -0.2) is 46.9 Å². The van der Waals surface area contributed by atoms with Crippen molar-refractivity contribution in [3.8, 4) is 0 Å². The molecule has 1 saturated heterocycles. The predicted octanol–water partition coefficient (Wildman–Crippen LogP) is -0.905. The molecule has 22 heavy (non-hydrogen) atoms. The van der Waals surface area contributed by atoms with Crippen LogP contribution in [0, 0.1) is 0 Å². The van der Waals surface area contributed by atoms with Crippen molar-refractivity contribution in [2.24, 2.45) is 0 Å². The van der Waals surface area contributed by atoms with E-state index in [1.807, 2.05) is 0 Å². The molecule has 1 fully saturated rings. The number of hydrogen-bond donors (Lipinski definition) is 1. The normalized spacial score (nSPS) is 20.1. The fraction of sp³-hybridized carbons (Fsp3) is 0.385. The lowest BCUT2D eigenvalue weighted by molar-refractivity contribution is -0.122. The van der Waals surface area contributed by atoms with E-state index in [1.165, 1.54) is 0 Å². The number of carbonyl (C=O) groups is 1. The summed E-state index contributed by atoms with van der Waals surface area (Å²) in [4.78, 5) is 24.1. The van der Waals surface area contributed by atoms with E-state index < -0.39 is 27.3 Å². The largest absolute Gasteiger partial charge is 0.351 e. The van der Waals surface area contributed by atoms with Crippen molar-refractivity contribution < 1.29 is 13.2 Å². The Morgan fingerprint density at radius 3 is 2.86 bits per heavy atom.